The van der Waals surface area contributed by atoms with E-state index < -0.39 is 0 Å². The van der Waals surface area contributed by atoms with Gasteiger partial charge in [-0.05, 0) is 41.7 Å². The topological polar surface area (TPSA) is 41.6 Å². The fourth-order valence-electron chi connectivity index (χ4n) is 3.82. The third-order valence-corrected chi connectivity index (χ3v) is 5.46. The molecule has 2 aromatic carbocycles. The fraction of sp³-hybridized carbons (Fsp3) is 0.409. The Labute approximate surface area is 155 Å². The Morgan fingerprint density at radius 3 is 2.81 bits per heavy atom. The van der Waals surface area contributed by atoms with E-state index in [1.807, 2.05) is 4.90 Å². The number of benzene rings is 2. The molecule has 4 heteroatoms. The Bertz CT molecular complexity index is 802. The smallest absolute Gasteiger partial charge is 0.222 e. The Hall–Kier alpha value is -2.33. The van der Waals surface area contributed by atoms with Crippen molar-refractivity contribution in [1.82, 2.24) is 10.2 Å². The van der Waals surface area contributed by atoms with Crippen LogP contribution in [0.25, 0.3) is 0 Å². The van der Waals surface area contributed by atoms with Gasteiger partial charge in [0.15, 0.2) is 0 Å². The van der Waals surface area contributed by atoms with Crippen LogP contribution in [-0.4, -0.2) is 24.0 Å². The molecule has 1 atom stereocenters. The van der Waals surface area contributed by atoms with Gasteiger partial charge in [-0.3, -0.25) is 4.79 Å². The molecule has 0 radical (unpaired) electrons. The molecule has 1 fully saturated rings. The minimum Gasteiger partial charge on any atom is -0.493 e. The maximum absolute atomic E-state index is 11.9. The molecule has 2 aliphatic heterocycles. The summed E-state index contributed by atoms with van der Waals surface area (Å²) >= 11 is 0. The van der Waals surface area contributed by atoms with Gasteiger partial charge in [-0.25, -0.2) is 0 Å². The fourth-order valence-corrected chi connectivity index (χ4v) is 3.82. The van der Waals surface area contributed by atoms with Gasteiger partial charge in [0.25, 0.3) is 0 Å². The van der Waals surface area contributed by atoms with Crippen LogP contribution in [0.15, 0.2) is 42.5 Å². The predicted molar refractivity (Wildman–Crippen MR) is 102 cm³/mol. The summed E-state index contributed by atoms with van der Waals surface area (Å²) in [6, 6.07) is 15.2. The normalized spacial score (nSPS) is 17.3. The molecule has 136 valence electrons. The van der Waals surface area contributed by atoms with Gasteiger partial charge in [0.1, 0.15) is 5.75 Å². The van der Waals surface area contributed by atoms with Crippen molar-refractivity contribution in [2.75, 3.05) is 13.2 Å². The van der Waals surface area contributed by atoms with Gasteiger partial charge in [-0.2, -0.15) is 0 Å². The Morgan fingerprint density at radius 1 is 1.15 bits per heavy atom. The molecule has 1 N–H and O–H groups in total. The lowest BCUT2D eigenvalue weighted by atomic mass is 10.0. The predicted octanol–water partition coefficient (Wildman–Crippen LogP) is 3.59. The summed E-state index contributed by atoms with van der Waals surface area (Å²) < 4.78 is 5.60. The average molecular weight is 350 g/mol. The first-order chi connectivity index (χ1) is 12.7. The Kier molecular flexibility index (Phi) is 4.93. The second kappa shape index (κ2) is 7.50. The molecule has 2 aliphatic rings. The molecular weight excluding hydrogens is 324 g/mol. The van der Waals surface area contributed by atoms with Gasteiger partial charge in [0.2, 0.25) is 5.91 Å². The molecule has 1 amide bonds. The number of ether oxygens (including phenoxy) is 1. The van der Waals surface area contributed by atoms with Crippen LogP contribution < -0.4 is 10.1 Å². The highest BCUT2D eigenvalue weighted by Crippen LogP contribution is 2.28. The standard InChI is InChI=1S/C22H26N2O2/c1-16(17-8-9-21-18(13-17)10-12-26-21)23-14-19-5-2-3-6-20(19)15-24-11-4-7-22(24)25/h2-3,5-6,8-9,13,16,23H,4,7,10-12,14-15H2,1H3. The Morgan fingerprint density at radius 2 is 2.00 bits per heavy atom. The molecule has 0 saturated carbocycles. The average Bonchev–Trinajstić information content (AvgIpc) is 3.29. The minimum atomic E-state index is 0.266. The van der Waals surface area contributed by atoms with E-state index in [0.29, 0.717) is 6.42 Å². The number of fused-ring (bicyclic) bond motifs is 1. The Balaban J connectivity index is 1.42. The van der Waals surface area contributed by atoms with Crippen molar-refractivity contribution in [3.8, 4) is 5.75 Å². The maximum atomic E-state index is 11.9. The van der Waals surface area contributed by atoms with E-state index in [1.54, 1.807) is 0 Å². The zero-order valence-corrected chi connectivity index (χ0v) is 15.3. The molecule has 4 nitrogen and oxygen atoms in total. The van der Waals surface area contributed by atoms with Crippen molar-refractivity contribution in [3.05, 3.63) is 64.7 Å². The first-order valence-electron chi connectivity index (χ1n) is 9.54. The number of likely N-dealkylation sites (tertiary alicyclic amines) is 1. The van der Waals surface area contributed by atoms with Crippen molar-refractivity contribution in [2.45, 2.75) is 45.3 Å². The molecule has 1 unspecified atom stereocenters. The van der Waals surface area contributed by atoms with E-state index in [0.717, 1.165) is 44.8 Å². The molecule has 26 heavy (non-hydrogen) atoms. The van der Waals surface area contributed by atoms with Crippen LogP contribution in [0.3, 0.4) is 0 Å². The first kappa shape index (κ1) is 17.1. The van der Waals surface area contributed by atoms with E-state index in [-0.39, 0.29) is 11.9 Å². The lowest BCUT2D eigenvalue weighted by Gasteiger charge is -2.20. The van der Waals surface area contributed by atoms with E-state index >= 15 is 0 Å². The second-order valence-corrected chi connectivity index (χ2v) is 7.26. The second-order valence-electron chi connectivity index (χ2n) is 7.26. The summed E-state index contributed by atoms with van der Waals surface area (Å²) in [6.45, 7) is 5.40. The third-order valence-electron chi connectivity index (χ3n) is 5.46. The van der Waals surface area contributed by atoms with Crippen molar-refractivity contribution in [2.24, 2.45) is 0 Å². The molecule has 4 rings (SSSR count). The van der Waals surface area contributed by atoms with Crippen LogP contribution in [0.4, 0.5) is 0 Å². The van der Waals surface area contributed by atoms with Gasteiger partial charge in [-0.1, -0.05) is 36.4 Å². The van der Waals surface area contributed by atoms with Crippen LogP contribution in [0.5, 0.6) is 5.75 Å². The summed E-state index contributed by atoms with van der Waals surface area (Å²) in [4.78, 5) is 13.9. The van der Waals surface area contributed by atoms with Gasteiger partial charge >= 0.3 is 0 Å². The number of hydrogen-bond donors (Lipinski definition) is 1. The number of amides is 1. The molecule has 2 heterocycles. The lowest BCUT2D eigenvalue weighted by molar-refractivity contribution is -0.128. The van der Waals surface area contributed by atoms with Gasteiger partial charge in [0.05, 0.1) is 6.61 Å². The van der Waals surface area contributed by atoms with Crippen molar-refractivity contribution >= 4 is 5.91 Å². The summed E-state index contributed by atoms with van der Waals surface area (Å²) in [5.41, 5.74) is 5.11. The number of nitrogens with one attached hydrogen (secondary N) is 1. The molecule has 0 aromatic heterocycles. The molecule has 1 saturated heterocycles. The number of carbonyl (C=O) groups excluding carboxylic acids is 1. The maximum Gasteiger partial charge on any atom is 0.222 e. The largest absolute Gasteiger partial charge is 0.493 e. The van der Waals surface area contributed by atoms with Crippen molar-refractivity contribution in [1.29, 1.82) is 0 Å². The molecule has 0 spiro atoms. The third kappa shape index (κ3) is 3.61. The number of carbonyl (C=O) groups is 1. The zero-order chi connectivity index (χ0) is 17.9. The SMILES string of the molecule is CC(NCc1ccccc1CN1CCCC1=O)c1ccc2c(c1)CCO2. The molecule has 0 bridgehead atoms. The number of nitrogens with zero attached hydrogens (tertiary/aromatic N) is 1. The monoisotopic (exact) mass is 350 g/mol. The van der Waals surface area contributed by atoms with Crippen LogP contribution >= 0.6 is 0 Å². The van der Waals surface area contributed by atoms with E-state index in [2.05, 4.69) is 54.7 Å². The highest BCUT2D eigenvalue weighted by atomic mass is 16.5. The summed E-state index contributed by atoms with van der Waals surface area (Å²) in [5, 5.41) is 3.64. The number of rotatable bonds is 6. The quantitative estimate of drug-likeness (QED) is 0.866. The van der Waals surface area contributed by atoms with Crippen LogP contribution in [0.1, 0.15) is 48.1 Å². The summed E-state index contributed by atoms with van der Waals surface area (Å²) in [5.74, 6) is 1.31. The first-order valence-corrected chi connectivity index (χ1v) is 9.54. The van der Waals surface area contributed by atoms with Crippen LogP contribution in [0.2, 0.25) is 0 Å². The van der Waals surface area contributed by atoms with Gasteiger partial charge in [0, 0.05) is 38.5 Å². The highest BCUT2D eigenvalue weighted by molar-refractivity contribution is 5.78. The highest BCUT2D eigenvalue weighted by Gasteiger charge is 2.21. The minimum absolute atomic E-state index is 0.266. The summed E-state index contributed by atoms with van der Waals surface area (Å²) in [6.07, 6.45) is 2.68. The van der Waals surface area contributed by atoms with Gasteiger partial charge in [-0.15, -0.1) is 0 Å². The van der Waals surface area contributed by atoms with E-state index in [9.17, 15) is 4.79 Å². The van der Waals surface area contributed by atoms with E-state index in [1.165, 1.54) is 22.3 Å². The zero-order valence-electron chi connectivity index (χ0n) is 15.3. The molecular formula is C22H26N2O2. The summed E-state index contributed by atoms with van der Waals surface area (Å²) in [7, 11) is 0. The van der Waals surface area contributed by atoms with E-state index in [4.69, 9.17) is 4.74 Å². The van der Waals surface area contributed by atoms with Crippen LogP contribution in [0, 0.1) is 0 Å². The lowest BCUT2D eigenvalue weighted by Crippen LogP contribution is -2.25. The van der Waals surface area contributed by atoms with Crippen LogP contribution in [-0.2, 0) is 24.3 Å². The van der Waals surface area contributed by atoms with Crippen molar-refractivity contribution < 1.29 is 9.53 Å². The van der Waals surface area contributed by atoms with Crippen molar-refractivity contribution in [3.63, 3.8) is 0 Å². The molecule has 2 aromatic rings. The number of hydrogen-bond acceptors (Lipinski definition) is 3. The van der Waals surface area contributed by atoms with Gasteiger partial charge < -0.3 is 15.0 Å². The molecule has 0 aliphatic carbocycles.